The van der Waals surface area contributed by atoms with E-state index in [1.807, 2.05) is 36.4 Å². The molecule has 0 N–H and O–H groups in total. The van der Waals surface area contributed by atoms with Gasteiger partial charge in [-0.05, 0) is 25.0 Å². The van der Waals surface area contributed by atoms with E-state index in [0.717, 1.165) is 6.42 Å². The number of fused-ring (bicyclic) bond motifs is 3. The van der Waals surface area contributed by atoms with Gasteiger partial charge in [0.25, 0.3) is 5.56 Å². The Kier molecular flexibility index (Phi) is 4.19. The van der Waals surface area contributed by atoms with E-state index in [1.54, 1.807) is 17.7 Å². The predicted octanol–water partition coefficient (Wildman–Crippen LogP) is 2.38. The Labute approximate surface area is 154 Å². The van der Waals surface area contributed by atoms with Crippen LogP contribution in [0.5, 0.6) is 0 Å². The molecule has 4 aromatic rings. The molecule has 4 rings (SSSR count). The number of aromatic nitrogens is 4. The third kappa shape index (κ3) is 2.87. The molecule has 3 heterocycles. The Morgan fingerprint density at radius 2 is 1.96 bits per heavy atom. The quantitative estimate of drug-likeness (QED) is 0.521. The number of carbonyl (C=O) groups is 1. The summed E-state index contributed by atoms with van der Waals surface area (Å²) in [5.74, 6) is -0.495. The van der Waals surface area contributed by atoms with Gasteiger partial charge in [0, 0.05) is 18.9 Å². The molecule has 0 amide bonds. The molecule has 0 aliphatic carbocycles. The van der Waals surface area contributed by atoms with Crippen LogP contribution in [0.25, 0.3) is 16.6 Å². The zero-order valence-corrected chi connectivity index (χ0v) is 15.0. The maximum Gasteiger partial charge on any atom is 0.343 e. The maximum atomic E-state index is 12.9. The van der Waals surface area contributed by atoms with Crippen LogP contribution in [0.4, 0.5) is 0 Å². The number of hydrogen-bond donors (Lipinski definition) is 0. The summed E-state index contributed by atoms with van der Waals surface area (Å²) in [5.41, 5.74) is 2.85. The van der Waals surface area contributed by atoms with Gasteiger partial charge < -0.3 is 9.30 Å². The van der Waals surface area contributed by atoms with E-state index in [-0.39, 0.29) is 5.56 Å². The van der Waals surface area contributed by atoms with Crippen molar-refractivity contribution in [3.63, 3.8) is 0 Å². The molecular formula is C20H18N4O3. The van der Waals surface area contributed by atoms with Gasteiger partial charge in [0.2, 0.25) is 0 Å². The third-order valence-corrected chi connectivity index (χ3v) is 4.63. The normalized spacial score (nSPS) is 11.2. The van der Waals surface area contributed by atoms with Crippen molar-refractivity contribution < 1.29 is 9.53 Å². The first kappa shape index (κ1) is 17.0. The average molecular weight is 362 g/mol. The largest absolute Gasteiger partial charge is 0.465 e. The van der Waals surface area contributed by atoms with Crippen LogP contribution in [0.15, 0.2) is 53.6 Å². The van der Waals surface area contributed by atoms with E-state index in [4.69, 9.17) is 4.74 Å². The number of hydrogen-bond acceptors (Lipinski definition) is 5. The molecule has 0 aliphatic heterocycles. The average Bonchev–Trinajstić information content (AvgIpc) is 3.04. The van der Waals surface area contributed by atoms with Crippen molar-refractivity contribution in [2.24, 2.45) is 0 Å². The van der Waals surface area contributed by atoms with Crippen molar-refractivity contribution in [3.8, 4) is 0 Å². The first-order valence-electron chi connectivity index (χ1n) is 8.60. The number of ether oxygens (including phenoxy) is 1. The lowest BCUT2D eigenvalue weighted by Gasteiger charge is -2.08. The lowest BCUT2D eigenvalue weighted by Crippen LogP contribution is -2.21. The SMILES string of the molecule is COC(=O)c1c(C)nn2c1ncc1c(=O)n(CCc3ccccc3)ccc12. The third-order valence-electron chi connectivity index (χ3n) is 4.63. The van der Waals surface area contributed by atoms with E-state index >= 15 is 0 Å². The highest BCUT2D eigenvalue weighted by atomic mass is 16.5. The van der Waals surface area contributed by atoms with Crippen LogP contribution in [-0.2, 0) is 17.7 Å². The van der Waals surface area contributed by atoms with Crippen LogP contribution >= 0.6 is 0 Å². The molecule has 0 unspecified atom stereocenters. The molecule has 0 bridgehead atoms. The first-order valence-corrected chi connectivity index (χ1v) is 8.60. The highest BCUT2D eigenvalue weighted by Crippen LogP contribution is 2.18. The van der Waals surface area contributed by atoms with Crippen molar-refractivity contribution in [2.45, 2.75) is 19.9 Å². The van der Waals surface area contributed by atoms with Gasteiger partial charge in [-0.1, -0.05) is 30.3 Å². The first-order chi connectivity index (χ1) is 13.1. The second-order valence-electron chi connectivity index (χ2n) is 6.29. The minimum atomic E-state index is -0.495. The molecule has 136 valence electrons. The van der Waals surface area contributed by atoms with Crippen LogP contribution in [0.3, 0.4) is 0 Å². The fourth-order valence-corrected chi connectivity index (χ4v) is 3.23. The van der Waals surface area contributed by atoms with Crippen LogP contribution in [0, 0.1) is 6.92 Å². The molecule has 27 heavy (non-hydrogen) atoms. The predicted molar refractivity (Wildman–Crippen MR) is 101 cm³/mol. The molecule has 0 aliphatic rings. The summed E-state index contributed by atoms with van der Waals surface area (Å²) in [6.07, 6.45) is 4.01. The molecule has 0 atom stereocenters. The van der Waals surface area contributed by atoms with Crippen molar-refractivity contribution in [1.29, 1.82) is 0 Å². The van der Waals surface area contributed by atoms with E-state index in [2.05, 4.69) is 10.1 Å². The number of nitrogens with zero attached hydrogens (tertiary/aromatic N) is 4. The van der Waals surface area contributed by atoms with Crippen LogP contribution in [0.1, 0.15) is 21.6 Å². The zero-order valence-electron chi connectivity index (χ0n) is 15.0. The van der Waals surface area contributed by atoms with Gasteiger partial charge in [-0.15, -0.1) is 0 Å². The Morgan fingerprint density at radius 1 is 1.19 bits per heavy atom. The number of benzene rings is 1. The summed E-state index contributed by atoms with van der Waals surface area (Å²) in [4.78, 5) is 29.2. The molecule has 0 radical (unpaired) electrons. The highest BCUT2D eigenvalue weighted by Gasteiger charge is 2.20. The summed E-state index contributed by atoms with van der Waals surface area (Å²) in [5, 5.41) is 4.84. The summed E-state index contributed by atoms with van der Waals surface area (Å²) >= 11 is 0. The number of esters is 1. The van der Waals surface area contributed by atoms with E-state index in [0.29, 0.717) is 34.4 Å². The van der Waals surface area contributed by atoms with Gasteiger partial charge in [-0.3, -0.25) is 4.79 Å². The summed E-state index contributed by atoms with van der Waals surface area (Å²) < 4.78 is 8.01. The Bertz CT molecular complexity index is 1210. The van der Waals surface area contributed by atoms with Crippen molar-refractivity contribution in [1.82, 2.24) is 19.2 Å². The number of pyridine rings is 1. The number of carbonyl (C=O) groups excluding carboxylic acids is 1. The maximum absolute atomic E-state index is 12.9. The lowest BCUT2D eigenvalue weighted by molar-refractivity contribution is 0.0602. The summed E-state index contributed by atoms with van der Waals surface area (Å²) in [7, 11) is 1.32. The van der Waals surface area contributed by atoms with Crippen LogP contribution in [0.2, 0.25) is 0 Å². The molecule has 0 saturated carbocycles. The smallest absolute Gasteiger partial charge is 0.343 e. The van der Waals surface area contributed by atoms with Crippen molar-refractivity contribution in [3.05, 3.63) is 76.0 Å². The molecule has 7 heteroatoms. The molecular weight excluding hydrogens is 344 g/mol. The fraction of sp³-hybridized carbons (Fsp3) is 0.200. The number of methoxy groups -OCH3 is 1. The summed E-state index contributed by atoms with van der Waals surface area (Å²) in [6, 6.07) is 11.8. The van der Waals surface area contributed by atoms with Gasteiger partial charge in [0.05, 0.1) is 23.7 Å². The molecule has 1 aromatic carbocycles. The van der Waals surface area contributed by atoms with Crippen LogP contribution in [-0.4, -0.2) is 32.2 Å². The van der Waals surface area contributed by atoms with Crippen molar-refractivity contribution in [2.75, 3.05) is 7.11 Å². The van der Waals surface area contributed by atoms with Gasteiger partial charge in [-0.25, -0.2) is 14.3 Å². The molecule has 0 saturated heterocycles. The second-order valence-corrected chi connectivity index (χ2v) is 6.29. The minimum absolute atomic E-state index is 0.134. The second kappa shape index (κ2) is 6.68. The van der Waals surface area contributed by atoms with E-state index in [1.165, 1.54) is 23.4 Å². The summed E-state index contributed by atoms with van der Waals surface area (Å²) in [6.45, 7) is 2.29. The van der Waals surface area contributed by atoms with Gasteiger partial charge in [0.1, 0.15) is 5.56 Å². The van der Waals surface area contributed by atoms with Gasteiger partial charge >= 0.3 is 5.97 Å². The lowest BCUT2D eigenvalue weighted by atomic mass is 10.1. The highest BCUT2D eigenvalue weighted by molar-refractivity contribution is 5.98. The number of aryl methyl sites for hydroxylation is 3. The fourth-order valence-electron chi connectivity index (χ4n) is 3.23. The zero-order chi connectivity index (χ0) is 19.0. The Morgan fingerprint density at radius 3 is 2.70 bits per heavy atom. The molecule has 0 spiro atoms. The Balaban J connectivity index is 1.79. The standard InChI is InChI=1S/C20H18N4O3/c1-13-17(20(26)27-2)18-21-12-15-16(24(18)22-13)9-11-23(19(15)25)10-8-14-6-4-3-5-7-14/h3-7,9,11-12H,8,10H2,1-2H3. The van der Waals surface area contributed by atoms with Gasteiger partial charge in [0.15, 0.2) is 5.65 Å². The van der Waals surface area contributed by atoms with Crippen LogP contribution < -0.4 is 5.56 Å². The van der Waals surface area contributed by atoms with E-state index < -0.39 is 5.97 Å². The molecule has 0 fully saturated rings. The van der Waals surface area contributed by atoms with E-state index in [9.17, 15) is 9.59 Å². The topological polar surface area (TPSA) is 78.5 Å². The Hall–Kier alpha value is -3.48. The number of rotatable bonds is 4. The monoisotopic (exact) mass is 362 g/mol. The molecule has 3 aromatic heterocycles. The molecule has 7 nitrogen and oxygen atoms in total. The van der Waals surface area contributed by atoms with Crippen molar-refractivity contribution >= 4 is 22.5 Å². The minimum Gasteiger partial charge on any atom is -0.465 e. The van der Waals surface area contributed by atoms with Gasteiger partial charge in [-0.2, -0.15) is 5.10 Å².